The molecule has 0 bridgehead atoms. The normalized spacial score (nSPS) is 22.0. The van der Waals surface area contributed by atoms with Crippen LogP contribution in [0.5, 0.6) is 0 Å². The molecule has 1 fully saturated rings. The van der Waals surface area contributed by atoms with Crippen molar-refractivity contribution in [3.8, 4) is 11.4 Å². The lowest BCUT2D eigenvalue weighted by atomic mass is 9.96. The smallest absolute Gasteiger partial charge is 0.248 e. The van der Waals surface area contributed by atoms with Crippen molar-refractivity contribution in [1.29, 1.82) is 0 Å². The molecule has 0 spiro atoms. The maximum Gasteiger partial charge on any atom is 0.248 e. The number of aromatic nitrogens is 3. The Labute approximate surface area is 277 Å². The Morgan fingerprint density at radius 1 is 1.02 bits per heavy atom. The summed E-state index contributed by atoms with van der Waals surface area (Å²) in [6.45, 7) is 12.0. The number of carbonyl (C=O) groups excluding carboxylic acids is 1. The van der Waals surface area contributed by atoms with Gasteiger partial charge in [-0.2, -0.15) is 0 Å². The van der Waals surface area contributed by atoms with Gasteiger partial charge in [-0.3, -0.25) is 9.69 Å². The van der Waals surface area contributed by atoms with Crippen molar-refractivity contribution >= 4 is 32.7 Å². The summed E-state index contributed by atoms with van der Waals surface area (Å²) in [4.78, 5) is 29.4. The minimum absolute atomic E-state index is 0.0767. The van der Waals surface area contributed by atoms with Crippen LogP contribution in [-0.2, 0) is 34.3 Å². The van der Waals surface area contributed by atoms with Crippen LogP contribution in [0.15, 0.2) is 84.6 Å². The molecule has 1 saturated heterocycles. The first-order valence-corrected chi connectivity index (χ1v) is 17.9. The average Bonchev–Trinajstić information content (AvgIpc) is 3.50. The predicted molar refractivity (Wildman–Crippen MR) is 187 cm³/mol. The Bertz CT molecular complexity index is 2020. The third kappa shape index (κ3) is 5.67. The van der Waals surface area contributed by atoms with E-state index >= 15 is 0 Å². The van der Waals surface area contributed by atoms with Crippen LogP contribution in [0.1, 0.15) is 50.9 Å². The molecule has 2 aromatic carbocycles. The first-order chi connectivity index (χ1) is 22.5. The predicted octanol–water partition coefficient (Wildman–Crippen LogP) is 5.56. The fraction of sp³-hybridized carbons (Fsp3) is 0.378. The minimum atomic E-state index is -3.77. The van der Waals surface area contributed by atoms with E-state index in [1.807, 2.05) is 54.3 Å². The molecule has 244 valence electrons. The lowest BCUT2D eigenvalue weighted by Gasteiger charge is -2.42. The summed E-state index contributed by atoms with van der Waals surface area (Å²) in [5.74, 6) is 1.59. The third-order valence-electron chi connectivity index (χ3n) is 9.96. The summed E-state index contributed by atoms with van der Waals surface area (Å²) < 4.78 is 28.6. The van der Waals surface area contributed by atoms with Crippen molar-refractivity contribution in [2.45, 2.75) is 64.4 Å². The van der Waals surface area contributed by atoms with Gasteiger partial charge in [-0.1, -0.05) is 66.3 Å². The summed E-state index contributed by atoms with van der Waals surface area (Å²) in [5, 5.41) is 0.800. The van der Waals surface area contributed by atoms with E-state index in [0.29, 0.717) is 37.4 Å². The van der Waals surface area contributed by atoms with Crippen molar-refractivity contribution in [3.05, 3.63) is 101 Å². The molecular weight excluding hydrogens is 609 g/mol. The van der Waals surface area contributed by atoms with E-state index in [1.54, 1.807) is 26.1 Å². The van der Waals surface area contributed by atoms with Crippen LogP contribution in [0.25, 0.3) is 22.3 Å². The second-order valence-electron chi connectivity index (χ2n) is 13.5. The Balaban J connectivity index is 1.30. The van der Waals surface area contributed by atoms with Gasteiger partial charge in [0.2, 0.25) is 15.9 Å². The molecule has 0 N–H and O–H groups in total. The second-order valence-corrected chi connectivity index (χ2v) is 15.7. The topological polar surface area (TPSA) is 91.6 Å². The van der Waals surface area contributed by atoms with E-state index in [2.05, 4.69) is 41.0 Å². The van der Waals surface area contributed by atoms with Gasteiger partial charge < -0.3 is 9.80 Å². The summed E-state index contributed by atoms with van der Waals surface area (Å²) in [5.41, 5.74) is 5.89. The molecule has 3 aliphatic rings. The Morgan fingerprint density at radius 3 is 2.57 bits per heavy atom. The Hall–Kier alpha value is -4.28. The van der Waals surface area contributed by atoms with Crippen molar-refractivity contribution < 1.29 is 13.2 Å². The number of allylic oxidation sites excluding steroid dienone is 3. The first-order valence-electron chi connectivity index (χ1n) is 16.4. The number of piperazine rings is 1. The molecule has 10 heteroatoms. The summed E-state index contributed by atoms with van der Waals surface area (Å²) in [6, 6.07) is 18.2. The number of hydrogen-bond acceptors (Lipinski definition) is 7. The third-order valence-corrected chi connectivity index (χ3v) is 12.3. The van der Waals surface area contributed by atoms with Crippen molar-refractivity contribution in [3.63, 3.8) is 0 Å². The first kappa shape index (κ1) is 31.3. The molecule has 0 radical (unpaired) electrons. The number of fused-ring (bicyclic) bond motifs is 2. The van der Waals surface area contributed by atoms with E-state index < -0.39 is 14.8 Å². The summed E-state index contributed by atoms with van der Waals surface area (Å²) in [6.07, 6.45) is 8.50. The van der Waals surface area contributed by atoms with Crippen molar-refractivity contribution in [1.82, 2.24) is 23.7 Å². The number of anilines is 1. The van der Waals surface area contributed by atoms with Gasteiger partial charge in [0.25, 0.3) is 0 Å². The van der Waals surface area contributed by atoms with Gasteiger partial charge in [-0.05, 0) is 44.9 Å². The molecule has 1 aliphatic carbocycles. The van der Waals surface area contributed by atoms with Gasteiger partial charge in [0.1, 0.15) is 10.6 Å². The molecule has 4 heterocycles. The number of carbonyl (C=O) groups is 1. The monoisotopic (exact) mass is 650 g/mol. The second kappa shape index (κ2) is 12.1. The Morgan fingerprint density at radius 2 is 1.83 bits per heavy atom. The van der Waals surface area contributed by atoms with Crippen LogP contribution < -0.4 is 4.90 Å². The zero-order chi connectivity index (χ0) is 32.9. The summed E-state index contributed by atoms with van der Waals surface area (Å²) in [7, 11) is -3.77. The van der Waals surface area contributed by atoms with Crippen LogP contribution in [0.4, 0.5) is 5.82 Å². The lowest BCUT2D eigenvalue weighted by molar-refractivity contribution is -0.129. The van der Waals surface area contributed by atoms with Crippen molar-refractivity contribution in [2.24, 2.45) is 0 Å². The van der Waals surface area contributed by atoms with Crippen LogP contribution in [0.2, 0.25) is 0 Å². The number of benzene rings is 2. The Kier molecular flexibility index (Phi) is 8.04. The van der Waals surface area contributed by atoms with Gasteiger partial charge in [0.15, 0.2) is 5.82 Å². The van der Waals surface area contributed by atoms with Crippen LogP contribution in [0, 0.1) is 0 Å². The maximum atomic E-state index is 14.1. The molecule has 2 aliphatic heterocycles. The molecule has 0 saturated carbocycles. The molecular formula is C37H42N6O3S. The molecule has 7 rings (SSSR count). The number of hydrogen-bond donors (Lipinski definition) is 0. The van der Waals surface area contributed by atoms with Crippen LogP contribution in [0.3, 0.4) is 0 Å². The molecule has 1 unspecified atom stereocenters. The highest BCUT2D eigenvalue weighted by atomic mass is 32.2. The molecule has 9 nitrogen and oxygen atoms in total. The van der Waals surface area contributed by atoms with Gasteiger partial charge in [-0.25, -0.2) is 22.4 Å². The minimum Gasteiger partial charge on any atom is -0.350 e. The van der Waals surface area contributed by atoms with E-state index in [4.69, 9.17) is 9.97 Å². The number of amides is 1. The zero-order valence-corrected chi connectivity index (χ0v) is 28.4. The quantitative estimate of drug-likeness (QED) is 0.270. The van der Waals surface area contributed by atoms with Gasteiger partial charge in [0.05, 0.1) is 11.2 Å². The fourth-order valence-electron chi connectivity index (χ4n) is 7.38. The fourth-order valence-corrected chi connectivity index (χ4v) is 9.13. The van der Waals surface area contributed by atoms with E-state index in [-0.39, 0.29) is 11.9 Å². The molecule has 2 aromatic heterocycles. The van der Waals surface area contributed by atoms with Crippen LogP contribution >= 0.6 is 0 Å². The number of nitrogens with zero attached hydrogens (tertiary/aromatic N) is 6. The van der Waals surface area contributed by atoms with Gasteiger partial charge in [0, 0.05) is 81.4 Å². The molecule has 2 atom stereocenters. The molecule has 47 heavy (non-hydrogen) atoms. The van der Waals surface area contributed by atoms with E-state index in [9.17, 15) is 13.2 Å². The average molecular weight is 651 g/mol. The summed E-state index contributed by atoms with van der Waals surface area (Å²) >= 11 is 0. The number of rotatable bonds is 6. The zero-order valence-electron chi connectivity index (χ0n) is 27.6. The van der Waals surface area contributed by atoms with E-state index in [1.165, 1.54) is 9.54 Å². The molecule has 1 amide bonds. The van der Waals surface area contributed by atoms with Crippen molar-refractivity contribution in [2.75, 3.05) is 31.1 Å². The highest BCUT2D eigenvalue weighted by Crippen LogP contribution is 2.38. The lowest BCUT2D eigenvalue weighted by Crippen LogP contribution is -2.54. The standard InChI is InChI=1S/C37H42N6O3S/c1-26-10-9-17-37(4,22-26)47(45,46)43-19-15-30-31(13-8-14-34(30)43)35-38-33-16-18-40(24-29-11-6-5-7-12-29)25-32(33)36(39-35)42-21-20-41(28(3)44)23-27(42)2/h5-15,17,19,27H,16,18,20-25H2,1-4H3/t27-,37?/m1/s1. The largest absolute Gasteiger partial charge is 0.350 e. The molecule has 4 aromatic rings. The maximum absolute atomic E-state index is 14.1. The highest BCUT2D eigenvalue weighted by molar-refractivity contribution is 7.91. The van der Waals surface area contributed by atoms with Gasteiger partial charge >= 0.3 is 0 Å². The SMILES string of the molecule is CC(=O)N1CCN(c2nc(-c3cccc4c3ccn4S(=O)(=O)C3(C)C=CC=C(C)C3)nc3c2CN(Cc2ccccc2)CC3)[C@H](C)C1. The van der Waals surface area contributed by atoms with Gasteiger partial charge in [-0.15, -0.1) is 0 Å². The highest BCUT2D eigenvalue weighted by Gasteiger charge is 2.40. The van der Waals surface area contributed by atoms with Crippen LogP contribution in [-0.4, -0.2) is 75.0 Å². The van der Waals surface area contributed by atoms with E-state index in [0.717, 1.165) is 59.7 Å².